The van der Waals surface area contributed by atoms with E-state index in [4.69, 9.17) is 9.47 Å². The highest BCUT2D eigenvalue weighted by Gasteiger charge is 2.25. The molecular formula is C17H14N4O13. The van der Waals surface area contributed by atoms with E-state index in [2.05, 4.69) is 9.68 Å². The number of rotatable bonds is 10. The third-order valence-corrected chi connectivity index (χ3v) is 4.16. The summed E-state index contributed by atoms with van der Waals surface area (Å²) in [6.45, 7) is 2.34. The average Bonchev–Trinajstić information content (AvgIpc) is 2.72. The molecule has 2 aromatic rings. The lowest BCUT2D eigenvalue weighted by molar-refractivity contribution is -0.770. The van der Waals surface area contributed by atoms with Crippen LogP contribution in [0.3, 0.4) is 0 Å². The predicted molar refractivity (Wildman–Crippen MR) is 106 cm³/mol. The zero-order valence-electron chi connectivity index (χ0n) is 17.2. The summed E-state index contributed by atoms with van der Waals surface area (Å²) in [4.78, 5) is 62.8. The molecule has 0 heterocycles. The van der Waals surface area contributed by atoms with Crippen molar-refractivity contribution in [1.29, 1.82) is 0 Å². The lowest BCUT2D eigenvalue weighted by atomic mass is 10.1. The highest BCUT2D eigenvalue weighted by atomic mass is 17.0. The molecule has 2 aromatic carbocycles. The van der Waals surface area contributed by atoms with E-state index in [1.165, 1.54) is 13.8 Å². The number of nitro benzene ring substituents is 2. The Bertz CT molecular complexity index is 1060. The number of non-ortho nitro benzene ring substituents is 2. The quantitative estimate of drug-likeness (QED) is 0.204. The van der Waals surface area contributed by atoms with Crippen molar-refractivity contribution >= 4 is 17.5 Å². The van der Waals surface area contributed by atoms with Crippen molar-refractivity contribution in [2.75, 3.05) is 0 Å². The third-order valence-electron chi connectivity index (χ3n) is 4.16. The molecular weight excluding hydrogens is 468 g/mol. The van der Waals surface area contributed by atoms with Crippen molar-refractivity contribution in [3.8, 4) is 11.5 Å². The van der Waals surface area contributed by atoms with Crippen LogP contribution in [0, 0.1) is 40.5 Å². The first-order valence-electron chi connectivity index (χ1n) is 8.97. The van der Waals surface area contributed by atoms with Crippen molar-refractivity contribution in [3.63, 3.8) is 0 Å². The van der Waals surface area contributed by atoms with Crippen LogP contribution in [0.4, 0.5) is 16.2 Å². The maximum Gasteiger partial charge on any atom is 0.519 e. The molecule has 0 aliphatic heterocycles. The van der Waals surface area contributed by atoms with Gasteiger partial charge in [0.15, 0.2) is 0 Å². The van der Waals surface area contributed by atoms with Gasteiger partial charge in [0, 0.05) is 35.4 Å². The molecule has 0 aromatic heterocycles. The molecule has 0 spiro atoms. The first-order valence-corrected chi connectivity index (χ1v) is 8.97. The van der Waals surface area contributed by atoms with E-state index in [-0.39, 0.29) is 22.6 Å². The van der Waals surface area contributed by atoms with Crippen LogP contribution >= 0.6 is 0 Å². The fraction of sp³-hybridized carbons (Fsp3) is 0.235. The minimum absolute atomic E-state index is 0.239. The number of carbonyl (C=O) groups is 1. The van der Waals surface area contributed by atoms with Crippen LogP contribution in [0.25, 0.3) is 0 Å². The molecule has 0 radical (unpaired) electrons. The molecule has 34 heavy (non-hydrogen) atoms. The van der Waals surface area contributed by atoms with Crippen LogP contribution in [-0.4, -0.2) is 26.2 Å². The Kier molecular flexibility index (Phi) is 7.76. The van der Waals surface area contributed by atoms with E-state index in [0.717, 1.165) is 36.4 Å². The summed E-state index contributed by atoms with van der Waals surface area (Å²) in [5.41, 5.74) is -1.43. The van der Waals surface area contributed by atoms with Crippen molar-refractivity contribution in [1.82, 2.24) is 0 Å². The van der Waals surface area contributed by atoms with Gasteiger partial charge in [-0.15, -0.1) is 20.2 Å². The molecule has 0 bridgehead atoms. The van der Waals surface area contributed by atoms with E-state index in [9.17, 15) is 45.3 Å². The third kappa shape index (κ3) is 6.45. The minimum Gasteiger partial charge on any atom is -0.394 e. The second-order valence-electron chi connectivity index (χ2n) is 6.36. The molecule has 0 saturated carbocycles. The van der Waals surface area contributed by atoms with Gasteiger partial charge in [0.05, 0.1) is 9.85 Å². The van der Waals surface area contributed by atoms with Crippen molar-refractivity contribution in [2.45, 2.75) is 26.1 Å². The van der Waals surface area contributed by atoms with Gasteiger partial charge in [-0.1, -0.05) is 0 Å². The molecule has 17 nitrogen and oxygen atoms in total. The van der Waals surface area contributed by atoms with Gasteiger partial charge in [0.25, 0.3) is 21.5 Å². The summed E-state index contributed by atoms with van der Waals surface area (Å²) in [6, 6.07) is 5.64. The van der Waals surface area contributed by atoms with E-state index in [0.29, 0.717) is 0 Å². The number of carbonyl (C=O) groups excluding carboxylic acids is 1. The average molecular weight is 482 g/mol. The summed E-state index contributed by atoms with van der Waals surface area (Å²) >= 11 is 0. The summed E-state index contributed by atoms with van der Waals surface area (Å²) in [5.74, 6) is -0.772. The monoisotopic (exact) mass is 482 g/mol. The Labute approximate surface area is 187 Å². The molecule has 17 heteroatoms. The Morgan fingerprint density at radius 2 is 1.06 bits per heavy atom. The minimum atomic E-state index is -1.47. The molecule has 180 valence electrons. The lowest BCUT2D eigenvalue weighted by Gasteiger charge is -2.16. The highest BCUT2D eigenvalue weighted by molar-refractivity contribution is 5.69. The molecule has 0 aliphatic rings. The molecule has 2 atom stereocenters. The van der Waals surface area contributed by atoms with Gasteiger partial charge in [0.1, 0.15) is 23.7 Å². The Balaban J connectivity index is 2.36. The first-order chi connectivity index (χ1) is 15.9. The van der Waals surface area contributed by atoms with E-state index in [1.54, 1.807) is 0 Å². The number of benzene rings is 2. The molecule has 0 fully saturated rings. The van der Waals surface area contributed by atoms with Gasteiger partial charge in [-0.3, -0.25) is 20.2 Å². The molecule has 2 unspecified atom stereocenters. The topological polar surface area (TPSA) is 227 Å². The summed E-state index contributed by atoms with van der Waals surface area (Å²) in [7, 11) is 0. The second kappa shape index (κ2) is 10.5. The van der Waals surface area contributed by atoms with Crippen LogP contribution in [-0.2, 0) is 9.68 Å². The Hall–Kier alpha value is -5.09. The summed E-state index contributed by atoms with van der Waals surface area (Å²) < 4.78 is 9.97. The standard InChI is InChI=1S/C17H14N4O13/c1-9(33-20(27)28)13-7-11(18(23)24)3-5-15(13)31-17(22)32-16-6-4-12(19(25)26)8-14(16)10(2)34-21(29)30/h3-10H,1-2H3. The Morgan fingerprint density at radius 3 is 1.35 bits per heavy atom. The van der Waals surface area contributed by atoms with Crippen LogP contribution in [0.1, 0.15) is 37.2 Å². The van der Waals surface area contributed by atoms with Gasteiger partial charge < -0.3 is 19.1 Å². The molecule has 2 rings (SSSR count). The van der Waals surface area contributed by atoms with Gasteiger partial charge in [0.2, 0.25) is 0 Å². The van der Waals surface area contributed by atoms with Crippen molar-refractivity contribution in [2.24, 2.45) is 0 Å². The summed E-state index contributed by atoms with van der Waals surface area (Å²) in [5, 5.41) is 41.0. The molecule has 0 aliphatic carbocycles. The largest absolute Gasteiger partial charge is 0.519 e. The van der Waals surface area contributed by atoms with Gasteiger partial charge in [-0.25, -0.2) is 4.79 Å². The van der Waals surface area contributed by atoms with Gasteiger partial charge >= 0.3 is 6.16 Å². The van der Waals surface area contributed by atoms with Gasteiger partial charge in [-0.2, -0.15) is 0 Å². The predicted octanol–water partition coefficient (Wildman–Crippen LogP) is 3.62. The molecule has 0 N–H and O–H groups in total. The second-order valence-corrected chi connectivity index (χ2v) is 6.36. The SMILES string of the molecule is CC(O[N+](=O)[O-])c1cc([N+](=O)[O-])ccc1OC(=O)Oc1ccc([N+](=O)[O-])cc1C(C)O[N+](=O)[O-]. The van der Waals surface area contributed by atoms with E-state index in [1.807, 2.05) is 0 Å². The lowest BCUT2D eigenvalue weighted by Crippen LogP contribution is -2.18. The number of hydrogen-bond donors (Lipinski definition) is 0. The van der Waals surface area contributed by atoms with Gasteiger partial charge in [-0.05, 0) is 26.0 Å². The number of nitrogens with zero attached hydrogens (tertiary/aromatic N) is 4. The van der Waals surface area contributed by atoms with Crippen LogP contribution < -0.4 is 9.47 Å². The fourth-order valence-electron chi connectivity index (χ4n) is 2.69. The van der Waals surface area contributed by atoms with Crippen molar-refractivity contribution in [3.05, 3.63) is 88.0 Å². The highest BCUT2D eigenvalue weighted by Crippen LogP contribution is 2.34. The molecule has 0 saturated heterocycles. The van der Waals surface area contributed by atoms with Crippen LogP contribution in [0.15, 0.2) is 36.4 Å². The number of nitro groups is 2. The van der Waals surface area contributed by atoms with Crippen molar-refractivity contribution < 1.29 is 44.0 Å². The fourth-order valence-corrected chi connectivity index (χ4v) is 2.69. The Morgan fingerprint density at radius 1 is 0.706 bits per heavy atom. The smallest absolute Gasteiger partial charge is 0.394 e. The first kappa shape index (κ1) is 25.2. The zero-order valence-corrected chi connectivity index (χ0v) is 17.2. The maximum atomic E-state index is 12.4. The van der Waals surface area contributed by atoms with Crippen LogP contribution in [0.5, 0.6) is 11.5 Å². The van der Waals surface area contributed by atoms with E-state index < -0.39 is 49.8 Å². The molecule has 0 amide bonds. The maximum absolute atomic E-state index is 12.4. The van der Waals surface area contributed by atoms with E-state index >= 15 is 0 Å². The normalized spacial score (nSPS) is 12.1. The number of hydrogen-bond acceptors (Lipinski definition) is 13. The number of ether oxygens (including phenoxy) is 2. The van der Waals surface area contributed by atoms with Crippen LogP contribution in [0.2, 0.25) is 0 Å². The zero-order chi connectivity index (χ0) is 25.6. The summed E-state index contributed by atoms with van der Waals surface area (Å²) in [6.07, 6.45) is -4.24.